The van der Waals surface area contributed by atoms with Crippen molar-refractivity contribution in [2.45, 2.75) is 0 Å². The van der Waals surface area contributed by atoms with E-state index in [1.54, 1.807) is 0 Å². The minimum absolute atomic E-state index is 0. The van der Waals surface area contributed by atoms with Gasteiger partial charge in [0.1, 0.15) is 0 Å². The zero-order chi connectivity index (χ0) is 6.97. The molecule has 0 unspecified atom stereocenters. The number of aromatic nitrogens is 1. The first-order valence-corrected chi connectivity index (χ1v) is 3.70. The molecule has 0 aliphatic rings. The fraction of sp³-hybridized carbons (Fsp3) is 0. The smallest absolute Gasteiger partial charge is 0.851 e. The van der Waals surface area contributed by atoms with Gasteiger partial charge in [-0.2, -0.15) is 0 Å². The van der Waals surface area contributed by atoms with Crippen molar-refractivity contribution < 1.29 is 24.0 Å². The number of benzene rings is 1. The SMILES string of the molecule is [Li+].[O-]c1nc2ccccc2s1. The fourth-order valence-electron chi connectivity index (χ4n) is 0.851. The van der Waals surface area contributed by atoms with E-state index in [1.165, 1.54) is 11.3 Å². The molecule has 0 saturated heterocycles. The van der Waals surface area contributed by atoms with Crippen LogP contribution in [0.4, 0.5) is 0 Å². The van der Waals surface area contributed by atoms with Gasteiger partial charge in [-0.05, 0) is 12.1 Å². The monoisotopic (exact) mass is 157 g/mol. The first kappa shape index (κ1) is 8.60. The molecule has 0 radical (unpaired) electrons. The van der Waals surface area contributed by atoms with Crippen molar-refractivity contribution in [3.63, 3.8) is 0 Å². The zero-order valence-corrected chi connectivity index (χ0v) is 6.89. The van der Waals surface area contributed by atoms with Gasteiger partial charge in [0.15, 0.2) is 0 Å². The van der Waals surface area contributed by atoms with Gasteiger partial charge in [-0.1, -0.05) is 12.1 Å². The number of hydrogen-bond donors (Lipinski definition) is 0. The molecule has 1 aromatic carbocycles. The molecule has 2 nitrogen and oxygen atoms in total. The van der Waals surface area contributed by atoms with Crippen molar-refractivity contribution in [2.24, 2.45) is 0 Å². The maximum Gasteiger partial charge on any atom is 1.00 e. The summed E-state index contributed by atoms with van der Waals surface area (Å²) in [5.41, 5.74) is 0.803. The second-order valence-electron chi connectivity index (χ2n) is 1.95. The summed E-state index contributed by atoms with van der Waals surface area (Å²) in [6, 6.07) is 7.52. The van der Waals surface area contributed by atoms with Crippen LogP contribution >= 0.6 is 11.3 Å². The fourth-order valence-corrected chi connectivity index (χ4v) is 1.55. The molecule has 0 aliphatic carbocycles. The molecule has 2 aromatic rings. The van der Waals surface area contributed by atoms with Crippen molar-refractivity contribution in [3.05, 3.63) is 24.3 Å². The molecular weight excluding hydrogens is 153 g/mol. The molecular formula is C7H4LiNOS. The number of nitrogens with zero attached hydrogens (tertiary/aromatic N) is 1. The van der Waals surface area contributed by atoms with E-state index in [0.717, 1.165) is 10.2 Å². The summed E-state index contributed by atoms with van der Waals surface area (Å²) >= 11 is 1.19. The topological polar surface area (TPSA) is 36.0 Å². The summed E-state index contributed by atoms with van der Waals surface area (Å²) in [6.07, 6.45) is 0. The summed E-state index contributed by atoms with van der Waals surface area (Å²) in [4.78, 5) is 3.78. The summed E-state index contributed by atoms with van der Waals surface area (Å²) in [7, 11) is 0. The molecule has 1 aromatic heterocycles. The Hall–Kier alpha value is -0.493. The van der Waals surface area contributed by atoms with Crippen LogP contribution in [0.15, 0.2) is 24.3 Å². The van der Waals surface area contributed by atoms with E-state index >= 15 is 0 Å². The van der Waals surface area contributed by atoms with E-state index in [1.807, 2.05) is 24.3 Å². The standard InChI is InChI=1S/C7H5NOS.Li/c9-7-8-5-3-1-2-4-6(5)10-7;/h1-4H,(H,8,9);/q;+1/p-1. The van der Waals surface area contributed by atoms with Crippen LogP contribution < -0.4 is 24.0 Å². The summed E-state index contributed by atoms with van der Waals surface area (Å²) < 4.78 is 0.965. The first-order chi connectivity index (χ1) is 4.86. The van der Waals surface area contributed by atoms with Crippen LogP contribution in [0.3, 0.4) is 0 Å². The Morgan fingerprint density at radius 3 is 2.73 bits per heavy atom. The number of para-hydroxylation sites is 1. The van der Waals surface area contributed by atoms with Crippen LogP contribution in [0.25, 0.3) is 10.2 Å². The molecule has 1 heterocycles. The minimum Gasteiger partial charge on any atom is -0.851 e. The van der Waals surface area contributed by atoms with E-state index in [-0.39, 0.29) is 24.1 Å². The third-order valence-corrected chi connectivity index (χ3v) is 2.11. The Balaban J connectivity index is 0.000000605. The molecule has 4 heteroatoms. The summed E-state index contributed by atoms with van der Waals surface area (Å²) in [6.45, 7) is 0. The van der Waals surface area contributed by atoms with Crippen LogP contribution in [0.1, 0.15) is 0 Å². The third-order valence-electron chi connectivity index (χ3n) is 1.27. The van der Waals surface area contributed by atoms with E-state index in [0.29, 0.717) is 0 Å². The van der Waals surface area contributed by atoms with Gasteiger partial charge >= 0.3 is 18.9 Å². The molecule has 0 atom stereocenters. The van der Waals surface area contributed by atoms with Crippen LogP contribution in [-0.2, 0) is 0 Å². The van der Waals surface area contributed by atoms with Crippen LogP contribution in [0.2, 0.25) is 0 Å². The molecule has 0 amide bonds. The minimum atomic E-state index is -0.110. The summed E-state index contributed by atoms with van der Waals surface area (Å²) in [5, 5.41) is 10.6. The maximum absolute atomic E-state index is 10.7. The van der Waals surface area contributed by atoms with Gasteiger partial charge in [-0.3, -0.25) is 4.98 Å². The normalized spacial score (nSPS) is 9.45. The predicted molar refractivity (Wildman–Crippen MR) is 39.1 cm³/mol. The molecule has 0 fully saturated rings. The number of hydrogen-bond acceptors (Lipinski definition) is 3. The molecule has 0 bridgehead atoms. The first-order valence-electron chi connectivity index (χ1n) is 2.89. The van der Waals surface area contributed by atoms with Gasteiger partial charge in [0.2, 0.25) is 0 Å². The van der Waals surface area contributed by atoms with E-state index in [4.69, 9.17) is 0 Å². The quantitative estimate of drug-likeness (QED) is 0.431. The molecule has 0 aliphatic heterocycles. The van der Waals surface area contributed by atoms with Gasteiger partial charge in [-0.15, -0.1) is 11.3 Å². The molecule has 0 spiro atoms. The number of thiazole rings is 1. The Morgan fingerprint density at radius 1 is 1.27 bits per heavy atom. The van der Waals surface area contributed by atoms with E-state index < -0.39 is 0 Å². The van der Waals surface area contributed by atoms with Crippen molar-refractivity contribution in [1.82, 2.24) is 4.98 Å². The predicted octanol–water partition coefficient (Wildman–Crippen LogP) is -1.63. The maximum atomic E-state index is 10.7. The number of rotatable bonds is 0. The third kappa shape index (κ3) is 1.56. The van der Waals surface area contributed by atoms with E-state index in [9.17, 15) is 5.11 Å². The average Bonchev–Trinajstić information content (AvgIpc) is 2.27. The number of fused-ring (bicyclic) bond motifs is 1. The largest absolute Gasteiger partial charge is 1.00 e. The molecule has 11 heavy (non-hydrogen) atoms. The molecule has 2 rings (SSSR count). The van der Waals surface area contributed by atoms with Gasteiger partial charge in [0.25, 0.3) is 0 Å². The molecule has 50 valence electrons. The van der Waals surface area contributed by atoms with Crippen molar-refractivity contribution in [2.75, 3.05) is 0 Å². The van der Waals surface area contributed by atoms with Gasteiger partial charge in [-0.25, -0.2) is 0 Å². The summed E-state index contributed by atoms with van der Waals surface area (Å²) in [5.74, 6) is 0. The van der Waals surface area contributed by atoms with Gasteiger partial charge in [0, 0.05) is 5.19 Å². The Kier molecular flexibility index (Phi) is 2.56. The van der Waals surface area contributed by atoms with Gasteiger partial charge in [0.05, 0.1) is 10.2 Å². The van der Waals surface area contributed by atoms with Crippen molar-refractivity contribution in [3.8, 4) is 5.19 Å². The van der Waals surface area contributed by atoms with Crippen molar-refractivity contribution in [1.29, 1.82) is 0 Å². The molecule has 0 saturated carbocycles. The average molecular weight is 157 g/mol. The van der Waals surface area contributed by atoms with Crippen molar-refractivity contribution >= 4 is 21.6 Å². The molecule has 0 N–H and O–H groups in total. The Labute approximate surface area is 80.1 Å². The Morgan fingerprint density at radius 2 is 2.00 bits per heavy atom. The Bertz CT molecular complexity index is 327. The van der Waals surface area contributed by atoms with E-state index in [2.05, 4.69) is 4.98 Å². The second-order valence-corrected chi connectivity index (χ2v) is 2.94. The van der Waals surface area contributed by atoms with Gasteiger partial charge < -0.3 is 5.11 Å². The zero-order valence-electron chi connectivity index (χ0n) is 6.07. The second kappa shape index (κ2) is 3.27. The van der Waals surface area contributed by atoms with Crippen LogP contribution in [-0.4, -0.2) is 4.98 Å². The van der Waals surface area contributed by atoms with Crippen LogP contribution in [0.5, 0.6) is 5.19 Å². The van der Waals surface area contributed by atoms with Crippen LogP contribution in [0, 0.1) is 0 Å².